The van der Waals surface area contributed by atoms with Gasteiger partial charge in [0.2, 0.25) is 0 Å². The lowest BCUT2D eigenvalue weighted by Crippen LogP contribution is -2.24. The highest BCUT2D eigenvalue weighted by molar-refractivity contribution is 7.27. The Morgan fingerprint density at radius 2 is 1.56 bits per heavy atom. The van der Waals surface area contributed by atoms with Crippen LogP contribution < -0.4 is 5.30 Å². The Kier molecular flexibility index (Phi) is 4.62. The molecule has 0 saturated heterocycles. The molecule has 0 aliphatic carbocycles. The zero-order valence-corrected chi connectivity index (χ0v) is 14.0. The Morgan fingerprint density at radius 3 is 1.94 bits per heavy atom. The summed E-state index contributed by atoms with van der Waals surface area (Å²) in [6.45, 7) is 14.2. The van der Waals surface area contributed by atoms with Crippen LogP contribution in [-0.4, -0.2) is 7.11 Å². The first kappa shape index (κ1) is 15.7. The Labute approximate surface area is 115 Å². The molecule has 18 heavy (non-hydrogen) atoms. The van der Waals surface area contributed by atoms with E-state index in [2.05, 4.69) is 62.9 Å². The van der Waals surface area contributed by atoms with Gasteiger partial charge in [0.15, 0.2) is 0 Å². The van der Waals surface area contributed by atoms with Crippen LogP contribution in [0.5, 0.6) is 0 Å². The fourth-order valence-electron chi connectivity index (χ4n) is 2.04. The average Bonchev–Trinajstić information content (AvgIpc) is 2.17. The molecule has 1 atom stereocenters. The summed E-state index contributed by atoms with van der Waals surface area (Å²) in [5.74, 6) is 0. The first-order chi connectivity index (χ1) is 8.07. The van der Waals surface area contributed by atoms with E-state index in [0.29, 0.717) is 6.61 Å². The number of benzene rings is 1. The van der Waals surface area contributed by atoms with Gasteiger partial charge < -0.3 is 4.74 Å². The van der Waals surface area contributed by atoms with Crippen molar-refractivity contribution in [2.45, 2.75) is 59.0 Å². The van der Waals surface area contributed by atoms with Crippen molar-refractivity contribution in [2.24, 2.45) is 0 Å². The second-order valence-electron chi connectivity index (χ2n) is 7.03. The Balaban J connectivity index is 3.47. The molecule has 1 aromatic rings. The molecular formula is C16H27OP. The number of ether oxygens (including phenoxy) is 1. The molecule has 1 rings (SSSR count). The van der Waals surface area contributed by atoms with E-state index < -0.39 is 0 Å². The largest absolute Gasteiger partial charge is 0.380 e. The molecule has 0 aliphatic rings. The van der Waals surface area contributed by atoms with Gasteiger partial charge in [-0.1, -0.05) is 53.7 Å². The van der Waals surface area contributed by atoms with E-state index in [0.717, 1.165) is 0 Å². The normalized spacial score (nSPS) is 12.9. The van der Waals surface area contributed by atoms with Gasteiger partial charge in [-0.2, -0.15) is 0 Å². The lowest BCUT2D eigenvalue weighted by Gasteiger charge is -2.28. The summed E-state index contributed by atoms with van der Waals surface area (Å²) in [7, 11) is 4.64. The molecule has 1 nitrogen and oxygen atoms in total. The molecule has 0 aliphatic heterocycles. The molecule has 0 aromatic heterocycles. The molecule has 0 heterocycles. The molecule has 0 radical (unpaired) electrons. The van der Waals surface area contributed by atoms with Gasteiger partial charge in [0.05, 0.1) is 6.61 Å². The Morgan fingerprint density at radius 1 is 1.00 bits per heavy atom. The van der Waals surface area contributed by atoms with Gasteiger partial charge in [0.1, 0.15) is 0 Å². The van der Waals surface area contributed by atoms with Crippen molar-refractivity contribution in [1.29, 1.82) is 0 Å². The third kappa shape index (κ3) is 3.56. The van der Waals surface area contributed by atoms with Crippen molar-refractivity contribution < 1.29 is 4.74 Å². The van der Waals surface area contributed by atoms with Gasteiger partial charge in [-0.15, -0.1) is 9.24 Å². The zero-order valence-electron chi connectivity index (χ0n) is 12.8. The van der Waals surface area contributed by atoms with Crippen LogP contribution in [0.15, 0.2) is 12.1 Å². The average molecular weight is 266 g/mol. The summed E-state index contributed by atoms with van der Waals surface area (Å²) in [5.41, 5.74) is 4.37. The summed E-state index contributed by atoms with van der Waals surface area (Å²) in [4.78, 5) is 0. The number of rotatable bonds is 2. The topological polar surface area (TPSA) is 9.23 Å². The highest BCUT2D eigenvalue weighted by Crippen LogP contribution is 2.30. The third-order valence-corrected chi connectivity index (χ3v) is 3.92. The minimum Gasteiger partial charge on any atom is -0.380 e. The van der Waals surface area contributed by atoms with Crippen molar-refractivity contribution in [3.8, 4) is 0 Å². The maximum Gasteiger partial charge on any atom is 0.0719 e. The molecule has 1 aromatic carbocycles. The van der Waals surface area contributed by atoms with Crippen molar-refractivity contribution >= 4 is 14.5 Å². The summed E-state index contributed by atoms with van der Waals surface area (Å²) < 4.78 is 5.33. The smallest absolute Gasteiger partial charge is 0.0719 e. The predicted molar refractivity (Wildman–Crippen MR) is 83.9 cm³/mol. The highest BCUT2D eigenvalue weighted by Gasteiger charge is 2.23. The summed E-state index contributed by atoms with van der Waals surface area (Å²) >= 11 is 0. The minimum absolute atomic E-state index is 0.154. The molecule has 0 fully saturated rings. The van der Waals surface area contributed by atoms with Gasteiger partial charge >= 0.3 is 0 Å². The zero-order chi connectivity index (χ0) is 14.1. The quantitative estimate of drug-likeness (QED) is 0.737. The number of methoxy groups -OCH3 is 1. The van der Waals surface area contributed by atoms with Crippen LogP contribution >= 0.6 is 9.24 Å². The molecule has 2 heteroatoms. The van der Waals surface area contributed by atoms with E-state index in [9.17, 15) is 0 Å². The van der Waals surface area contributed by atoms with Crippen molar-refractivity contribution in [2.75, 3.05) is 7.11 Å². The monoisotopic (exact) mass is 266 g/mol. The molecule has 0 bridgehead atoms. The highest BCUT2D eigenvalue weighted by atomic mass is 31.0. The maximum atomic E-state index is 5.33. The first-order valence-corrected chi connectivity index (χ1v) is 7.07. The first-order valence-electron chi connectivity index (χ1n) is 6.49. The van der Waals surface area contributed by atoms with E-state index in [1.165, 1.54) is 22.0 Å². The van der Waals surface area contributed by atoms with Crippen LogP contribution in [0.4, 0.5) is 0 Å². The van der Waals surface area contributed by atoms with Crippen LogP contribution in [0.1, 0.15) is 58.2 Å². The van der Waals surface area contributed by atoms with Gasteiger partial charge in [0, 0.05) is 7.11 Å². The molecule has 0 N–H and O–H groups in total. The van der Waals surface area contributed by atoms with Crippen molar-refractivity contribution in [1.82, 2.24) is 0 Å². The number of hydrogen-bond acceptors (Lipinski definition) is 1. The minimum atomic E-state index is 0.154. The van der Waals surface area contributed by atoms with Crippen LogP contribution in [-0.2, 0) is 22.2 Å². The summed E-state index contributed by atoms with van der Waals surface area (Å²) in [6.07, 6.45) is 0. The van der Waals surface area contributed by atoms with Gasteiger partial charge in [-0.3, -0.25) is 0 Å². The summed E-state index contributed by atoms with van der Waals surface area (Å²) in [6, 6.07) is 4.63. The molecule has 102 valence electrons. The lowest BCUT2D eigenvalue weighted by molar-refractivity contribution is 0.185. The number of hydrogen-bond donors (Lipinski definition) is 0. The van der Waals surface area contributed by atoms with Gasteiger partial charge in [-0.25, -0.2) is 0 Å². The molecule has 0 saturated carbocycles. The predicted octanol–water partition coefficient (Wildman–Crippen LogP) is 3.93. The van der Waals surface area contributed by atoms with E-state index in [-0.39, 0.29) is 10.8 Å². The lowest BCUT2D eigenvalue weighted by atomic mass is 9.79. The van der Waals surface area contributed by atoms with Crippen LogP contribution in [0.2, 0.25) is 0 Å². The van der Waals surface area contributed by atoms with Crippen LogP contribution in [0.25, 0.3) is 0 Å². The summed E-state index contributed by atoms with van der Waals surface area (Å²) in [5, 5.41) is 1.29. The molecule has 0 amide bonds. The SMILES string of the molecule is COCc1cc(C(C)(C)C)cc(C(C)(C)C)c1P. The van der Waals surface area contributed by atoms with Crippen LogP contribution in [0, 0.1) is 0 Å². The molecule has 0 spiro atoms. The fraction of sp³-hybridized carbons (Fsp3) is 0.625. The second kappa shape index (κ2) is 5.31. The van der Waals surface area contributed by atoms with Crippen LogP contribution in [0.3, 0.4) is 0 Å². The van der Waals surface area contributed by atoms with Gasteiger partial charge in [0.25, 0.3) is 0 Å². The second-order valence-corrected chi connectivity index (χ2v) is 7.61. The maximum absolute atomic E-state index is 5.33. The van der Waals surface area contributed by atoms with E-state index in [1.807, 2.05) is 0 Å². The Bertz CT molecular complexity index is 422. The molecule has 1 unspecified atom stereocenters. The van der Waals surface area contributed by atoms with Crippen molar-refractivity contribution in [3.63, 3.8) is 0 Å². The molecular weight excluding hydrogens is 239 g/mol. The fourth-order valence-corrected chi connectivity index (χ4v) is 2.72. The van der Waals surface area contributed by atoms with E-state index in [4.69, 9.17) is 4.74 Å². The Hall–Kier alpha value is -0.390. The van der Waals surface area contributed by atoms with Crippen molar-refractivity contribution in [3.05, 3.63) is 28.8 Å². The standard InChI is InChI=1S/C16H27OP/c1-15(2,3)12-8-11(10-17-7)14(18)13(9-12)16(4,5)6/h8-9H,10,18H2,1-7H3. The third-order valence-electron chi connectivity index (χ3n) is 3.24. The van der Waals surface area contributed by atoms with Gasteiger partial charge in [-0.05, 0) is 32.8 Å². The van der Waals surface area contributed by atoms with E-state index >= 15 is 0 Å². The van der Waals surface area contributed by atoms with E-state index in [1.54, 1.807) is 7.11 Å².